The predicted octanol–water partition coefficient (Wildman–Crippen LogP) is 1.74. The lowest BCUT2D eigenvalue weighted by molar-refractivity contribution is 0.100. The molecule has 0 atom stereocenters. The van der Waals surface area contributed by atoms with Crippen LogP contribution in [0.5, 0.6) is 0 Å². The van der Waals surface area contributed by atoms with Crippen LogP contribution in [-0.4, -0.2) is 10.5 Å². The smallest absolute Gasteiger partial charge is 0.248 e. The van der Waals surface area contributed by atoms with E-state index in [0.29, 0.717) is 5.56 Å². The Balaban J connectivity index is 1.97. The van der Waals surface area contributed by atoms with Crippen molar-refractivity contribution in [3.63, 3.8) is 0 Å². The molecule has 1 aromatic heterocycles. The van der Waals surface area contributed by atoms with E-state index in [1.54, 1.807) is 12.1 Å². The summed E-state index contributed by atoms with van der Waals surface area (Å²) < 4.78 is 2.01. The number of primary amides is 1. The number of benzene rings is 1. The lowest BCUT2D eigenvalue weighted by atomic mass is 10.2. The fraction of sp³-hybridized carbons (Fsp3) is 0.154. The average Bonchev–Trinajstić information content (AvgIpc) is 2.73. The first-order chi connectivity index (χ1) is 8.15. The predicted molar refractivity (Wildman–Crippen MR) is 67.7 cm³/mol. The van der Waals surface area contributed by atoms with Crippen LogP contribution in [-0.2, 0) is 13.6 Å². The second-order valence-corrected chi connectivity index (χ2v) is 3.98. The van der Waals surface area contributed by atoms with Crippen molar-refractivity contribution >= 4 is 11.6 Å². The largest absolute Gasteiger partial charge is 0.381 e. The van der Waals surface area contributed by atoms with Gasteiger partial charge in [0, 0.05) is 37.2 Å². The number of carbonyl (C=O) groups is 1. The van der Waals surface area contributed by atoms with Crippen molar-refractivity contribution in [3.8, 4) is 0 Å². The Labute approximate surface area is 100 Å². The van der Waals surface area contributed by atoms with E-state index >= 15 is 0 Å². The molecular weight excluding hydrogens is 214 g/mol. The van der Waals surface area contributed by atoms with Gasteiger partial charge in [0.15, 0.2) is 0 Å². The molecule has 3 N–H and O–H groups in total. The zero-order chi connectivity index (χ0) is 12.3. The zero-order valence-electron chi connectivity index (χ0n) is 9.68. The molecule has 1 amide bonds. The van der Waals surface area contributed by atoms with Crippen LogP contribution in [0.3, 0.4) is 0 Å². The number of hydrogen-bond acceptors (Lipinski definition) is 2. The molecule has 4 heteroatoms. The van der Waals surface area contributed by atoms with E-state index in [1.165, 1.54) is 5.56 Å². The van der Waals surface area contributed by atoms with Crippen molar-refractivity contribution in [1.82, 2.24) is 4.57 Å². The minimum Gasteiger partial charge on any atom is -0.381 e. The van der Waals surface area contributed by atoms with Crippen molar-refractivity contribution in [1.29, 1.82) is 0 Å². The molecule has 0 bridgehead atoms. The molecule has 1 heterocycles. The summed E-state index contributed by atoms with van der Waals surface area (Å²) in [6.07, 6.45) is 4.07. The minimum atomic E-state index is -0.403. The number of carbonyl (C=O) groups excluding carboxylic acids is 1. The Hall–Kier alpha value is -2.23. The highest BCUT2D eigenvalue weighted by Crippen LogP contribution is 2.11. The molecular formula is C13H15N3O. The highest BCUT2D eigenvalue weighted by molar-refractivity contribution is 5.93. The third-order valence-electron chi connectivity index (χ3n) is 2.56. The van der Waals surface area contributed by atoms with E-state index in [4.69, 9.17) is 5.73 Å². The Morgan fingerprint density at radius 3 is 2.53 bits per heavy atom. The summed E-state index contributed by atoms with van der Waals surface area (Å²) in [5, 5.41) is 3.27. The van der Waals surface area contributed by atoms with Crippen LogP contribution in [0.15, 0.2) is 42.7 Å². The molecule has 2 rings (SSSR count). The van der Waals surface area contributed by atoms with E-state index in [2.05, 4.69) is 17.6 Å². The monoisotopic (exact) mass is 229 g/mol. The Kier molecular flexibility index (Phi) is 3.14. The summed E-state index contributed by atoms with van der Waals surface area (Å²) in [6.45, 7) is 0.761. The molecule has 0 unspecified atom stereocenters. The standard InChI is InChI=1S/C13H15N3O/c1-16-7-6-10(9-16)8-15-12-4-2-11(3-5-12)13(14)17/h2-7,9,15H,8H2,1H3,(H2,14,17). The average molecular weight is 229 g/mol. The van der Waals surface area contributed by atoms with E-state index in [0.717, 1.165) is 12.2 Å². The zero-order valence-corrected chi connectivity index (χ0v) is 9.68. The summed E-state index contributed by atoms with van der Waals surface area (Å²) in [5.41, 5.74) is 7.88. The van der Waals surface area contributed by atoms with Gasteiger partial charge in [-0.1, -0.05) is 0 Å². The topological polar surface area (TPSA) is 60.1 Å². The number of amides is 1. The molecule has 0 saturated carbocycles. The van der Waals surface area contributed by atoms with Crippen LogP contribution in [0.4, 0.5) is 5.69 Å². The van der Waals surface area contributed by atoms with Gasteiger partial charge in [-0.2, -0.15) is 0 Å². The summed E-state index contributed by atoms with van der Waals surface area (Å²) in [5.74, 6) is -0.403. The Morgan fingerprint density at radius 1 is 1.29 bits per heavy atom. The molecule has 0 spiro atoms. The highest BCUT2D eigenvalue weighted by atomic mass is 16.1. The van der Waals surface area contributed by atoms with E-state index in [1.807, 2.05) is 29.9 Å². The maximum absolute atomic E-state index is 10.9. The van der Waals surface area contributed by atoms with Crippen LogP contribution < -0.4 is 11.1 Å². The van der Waals surface area contributed by atoms with E-state index < -0.39 is 5.91 Å². The molecule has 4 nitrogen and oxygen atoms in total. The van der Waals surface area contributed by atoms with Crippen molar-refractivity contribution in [2.75, 3.05) is 5.32 Å². The Morgan fingerprint density at radius 2 is 2.00 bits per heavy atom. The van der Waals surface area contributed by atoms with Crippen molar-refractivity contribution < 1.29 is 4.79 Å². The molecule has 0 aliphatic heterocycles. The molecule has 0 fully saturated rings. The number of nitrogens with zero attached hydrogens (tertiary/aromatic N) is 1. The number of nitrogens with one attached hydrogen (secondary N) is 1. The molecule has 0 radical (unpaired) electrons. The maximum atomic E-state index is 10.9. The van der Waals surface area contributed by atoms with Crippen molar-refractivity contribution in [2.45, 2.75) is 6.54 Å². The van der Waals surface area contributed by atoms with E-state index in [-0.39, 0.29) is 0 Å². The first-order valence-corrected chi connectivity index (χ1v) is 5.40. The summed E-state index contributed by atoms with van der Waals surface area (Å²) in [7, 11) is 1.99. The molecule has 0 saturated heterocycles. The van der Waals surface area contributed by atoms with Gasteiger partial charge in [-0.05, 0) is 35.9 Å². The third kappa shape index (κ3) is 2.87. The van der Waals surface area contributed by atoms with Gasteiger partial charge in [0.05, 0.1) is 0 Å². The SMILES string of the molecule is Cn1ccc(CNc2ccc(C(N)=O)cc2)c1. The molecule has 88 valence electrons. The number of anilines is 1. The van der Waals surface area contributed by atoms with Crippen LogP contribution in [0.1, 0.15) is 15.9 Å². The third-order valence-corrected chi connectivity index (χ3v) is 2.56. The fourth-order valence-corrected chi connectivity index (χ4v) is 1.62. The van der Waals surface area contributed by atoms with Crippen LogP contribution in [0, 0.1) is 0 Å². The van der Waals surface area contributed by atoms with E-state index in [9.17, 15) is 4.79 Å². The van der Waals surface area contributed by atoms with Crippen LogP contribution >= 0.6 is 0 Å². The minimum absolute atomic E-state index is 0.403. The van der Waals surface area contributed by atoms with Crippen LogP contribution in [0.25, 0.3) is 0 Å². The van der Waals surface area contributed by atoms with Gasteiger partial charge < -0.3 is 15.6 Å². The molecule has 2 aromatic rings. The van der Waals surface area contributed by atoms with Gasteiger partial charge >= 0.3 is 0 Å². The first-order valence-electron chi connectivity index (χ1n) is 5.40. The Bertz CT molecular complexity index is 514. The molecule has 0 aliphatic carbocycles. The summed E-state index contributed by atoms with van der Waals surface area (Å²) in [6, 6.07) is 9.20. The normalized spacial score (nSPS) is 10.2. The summed E-state index contributed by atoms with van der Waals surface area (Å²) in [4.78, 5) is 10.9. The fourth-order valence-electron chi connectivity index (χ4n) is 1.62. The lowest BCUT2D eigenvalue weighted by Crippen LogP contribution is -2.10. The summed E-state index contributed by atoms with van der Waals surface area (Å²) >= 11 is 0. The van der Waals surface area contributed by atoms with Gasteiger partial charge in [0.25, 0.3) is 0 Å². The number of aromatic nitrogens is 1. The number of hydrogen-bond donors (Lipinski definition) is 2. The van der Waals surface area contributed by atoms with Gasteiger partial charge in [0.2, 0.25) is 5.91 Å². The molecule has 0 aliphatic rings. The quantitative estimate of drug-likeness (QED) is 0.838. The lowest BCUT2D eigenvalue weighted by Gasteiger charge is -2.05. The molecule has 17 heavy (non-hydrogen) atoms. The molecule has 1 aromatic carbocycles. The second kappa shape index (κ2) is 4.74. The number of aryl methyl sites for hydroxylation is 1. The van der Waals surface area contributed by atoms with Crippen molar-refractivity contribution in [3.05, 3.63) is 53.9 Å². The number of nitrogens with two attached hydrogens (primary N) is 1. The highest BCUT2D eigenvalue weighted by Gasteiger charge is 1.99. The van der Waals surface area contributed by atoms with Gasteiger partial charge in [-0.15, -0.1) is 0 Å². The van der Waals surface area contributed by atoms with Crippen molar-refractivity contribution in [2.24, 2.45) is 12.8 Å². The van der Waals surface area contributed by atoms with Crippen LogP contribution in [0.2, 0.25) is 0 Å². The van der Waals surface area contributed by atoms with Gasteiger partial charge in [-0.3, -0.25) is 4.79 Å². The maximum Gasteiger partial charge on any atom is 0.248 e. The number of rotatable bonds is 4. The second-order valence-electron chi connectivity index (χ2n) is 3.98. The van der Waals surface area contributed by atoms with Gasteiger partial charge in [0.1, 0.15) is 0 Å². The first kappa shape index (κ1) is 11.3. The van der Waals surface area contributed by atoms with Gasteiger partial charge in [-0.25, -0.2) is 0 Å².